The molecular formula is C39H22N4S. The first-order valence-corrected chi connectivity index (χ1v) is 15.5. The Balaban J connectivity index is 1.36. The van der Waals surface area contributed by atoms with Gasteiger partial charge < -0.3 is 0 Å². The van der Waals surface area contributed by atoms with Crippen LogP contribution in [0.25, 0.3) is 91.6 Å². The van der Waals surface area contributed by atoms with Crippen molar-refractivity contribution in [2.75, 3.05) is 0 Å². The summed E-state index contributed by atoms with van der Waals surface area (Å²) < 4.78 is 4.87. The first-order chi connectivity index (χ1) is 21.8. The monoisotopic (exact) mass is 578 g/mol. The third kappa shape index (κ3) is 3.30. The van der Waals surface area contributed by atoms with Gasteiger partial charge in [0.25, 0.3) is 0 Å². The van der Waals surface area contributed by atoms with E-state index in [2.05, 4.69) is 125 Å². The molecule has 5 heteroatoms. The van der Waals surface area contributed by atoms with Crippen molar-refractivity contribution in [3.63, 3.8) is 0 Å². The first kappa shape index (κ1) is 23.9. The lowest BCUT2D eigenvalue weighted by atomic mass is 10.0. The van der Waals surface area contributed by atoms with E-state index in [4.69, 9.17) is 9.97 Å². The maximum Gasteiger partial charge on any atom is 0.235 e. The smallest absolute Gasteiger partial charge is 0.235 e. The summed E-state index contributed by atoms with van der Waals surface area (Å²) in [4.78, 5) is 15.1. The Hall–Kier alpha value is -5.65. The first-order valence-electron chi connectivity index (χ1n) is 14.7. The van der Waals surface area contributed by atoms with Crippen LogP contribution in [0.2, 0.25) is 0 Å². The molecule has 0 fully saturated rings. The van der Waals surface area contributed by atoms with Crippen LogP contribution in [0.3, 0.4) is 0 Å². The van der Waals surface area contributed by atoms with Crippen molar-refractivity contribution in [2.45, 2.75) is 0 Å². The molecule has 0 atom stereocenters. The van der Waals surface area contributed by atoms with Crippen molar-refractivity contribution < 1.29 is 0 Å². The number of nitrogens with zero attached hydrogens (tertiary/aromatic N) is 4. The Morgan fingerprint density at radius 1 is 0.523 bits per heavy atom. The SMILES string of the molecule is c1cncc(-c2nc(-n3c4ccccc4c4cc5c(ccc6sc7ccccc7c65)cc43)nc3c2ccc2ccccc23)c1. The van der Waals surface area contributed by atoms with E-state index in [0.717, 1.165) is 44.0 Å². The molecule has 0 saturated carbocycles. The van der Waals surface area contributed by atoms with Gasteiger partial charge in [-0.1, -0.05) is 72.8 Å². The summed E-state index contributed by atoms with van der Waals surface area (Å²) >= 11 is 1.86. The number of benzene rings is 6. The Kier molecular flexibility index (Phi) is 4.84. The van der Waals surface area contributed by atoms with Gasteiger partial charge in [0, 0.05) is 59.7 Å². The van der Waals surface area contributed by atoms with Crippen LogP contribution >= 0.6 is 11.3 Å². The maximum absolute atomic E-state index is 5.33. The highest BCUT2D eigenvalue weighted by molar-refractivity contribution is 7.26. The number of rotatable bonds is 2. The zero-order valence-corrected chi connectivity index (χ0v) is 24.2. The summed E-state index contributed by atoms with van der Waals surface area (Å²) in [5.74, 6) is 0.653. The molecule has 0 saturated heterocycles. The van der Waals surface area contributed by atoms with Crippen molar-refractivity contribution >= 4 is 85.8 Å². The van der Waals surface area contributed by atoms with Crippen LogP contribution in [0.1, 0.15) is 0 Å². The third-order valence-electron chi connectivity index (χ3n) is 8.86. The molecule has 6 aromatic carbocycles. The number of aromatic nitrogens is 4. The van der Waals surface area contributed by atoms with Crippen LogP contribution in [0, 0.1) is 0 Å². The Labute approximate surface area is 255 Å². The topological polar surface area (TPSA) is 43.6 Å². The van der Waals surface area contributed by atoms with Gasteiger partial charge in [-0.25, -0.2) is 9.97 Å². The van der Waals surface area contributed by atoms with Gasteiger partial charge in [0.05, 0.1) is 22.2 Å². The van der Waals surface area contributed by atoms with Gasteiger partial charge in [0.15, 0.2) is 0 Å². The predicted octanol–water partition coefficient (Wildman–Crippen LogP) is 10.5. The van der Waals surface area contributed by atoms with Crippen LogP contribution in [0.5, 0.6) is 0 Å². The fraction of sp³-hybridized carbons (Fsp3) is 0. The molecule has 0 bridgehead atoms. The molecule has 0 aliphatic heterocycles. The van der Waals surface area contributed by atoms with Crippen molar-refractivity contribution in [3.05, 3.63) is 134 Å². The number of pyridine rings is 1. The minimum Gasteiger partial charge on any atom is -0.278 e. The van der Waals surface area contributed by atoms with Gasteiger partial charge in [0.2, 0.25) is 5.95 Å². The van der Waals surface area contributed by atoms with Gasteiger partial charge in [-0.05, 0) is 64.7 Å². The Bertz CT molecular complexity index is 2780. The summed E-state index contributed by atoms with van der Waals surface area (Å²) in [7, 11) is 0. The van der Waals surface area contributed by atoms with Gasteiger partial charge in [-0.2, -0.15) is 0 Å². The number of hydrogen-bond acceptors (Lipinski definition) is 4. The van der Waals surface area contributed by atoms with E-state index in [-0.39, 0.29) is 0 Å². The zero-order chi connectivity index (χ0) is 28.8. The van der Waals surface area contributed by atoms with Crippen LogP contribution in [-0.4, -0.2) is 19.5 Å². The van der Waals surface area contributed by atoms with E-state index in [1.165, 1.54) is 41.7 Å². The van der Waals surface area contributed by atoms with Gasteiger partial charge in [-0.3, -0.25) is 9.55 Å². The average Bonchev–Trinajstić information content (AvgIpc) is 3.63. The number of thiophene rings is 1. The summed E-state index contributed by atoms with van der Waals surface area (Å²) in [6, 6.07) is 43.3. The Morgan fingerprint density at radius 3 is 2.25 bits per heavy atom. The Morgan fingerprint density at radius 2 is 1.34 bits per heavy atom. The molecule has 10 aromatic rings. The number of hydrogen-bond donors (Lipinski definition) is 0. The second kappa shape index (κ2) is 8.93. The molecule has 44 heavy (non-hydrogen) atoms. The minimum atomic E-state index is 0.653. The molecule has 0 radical (unpaired) electrons. The third-order valence-corrected chi connectivity index (χ3v) is 10.0. The highest BCUT2D eigenvalue weighted by atomic mass is 32.1. The molecular weight excluding hydrogens is 557 g/mol. The fourth-order valence-electron chi connectivity index (χ4n) is 6.90. The van der Waals surface area contributed by atoms with Crippen molar-refractivity contribution in [1.29, 1.82) is 0 Å². The zero-order valence-electron chi connectivity index (χ0n) is 23.4. The van der Waals surface area contributed by atoms with Gasteiger partial charge in [-0.15, -0.1) is 11.3 Å². The van der Waals surface area contributed by atoms with E-state index < -0.39 is 0 Å². The van der Waals surface area contributed by atoms with E-state index >= 15 is 0 Å². The molecule has 204 valence electrons. The minimum absolute atomic E-state index is 0.653. The molecule has 0 unspecified atom stereocenters. The van der Waals surface area contributed by atoms with E-state index in [0.29, 0.717) is 5.95 Å². The van der Waals surface area contributed by atoms with E-state index in [1.807, 2.05) is 23.6 Å². The van der Waals surface area contributed by atoms with Crippen LogP contribution < -0.4 is 0 Å². The molecule has 4 heterocycles. The quantitative estimate of drug-likeness (QED) is 0.192. The summed E-state index contributed by atoms with van der Waals surface area (Å²) in [6.45, 7) is 0. The second-order valence-corrected chi connectivity index (χ2v) is 12.4. The summed E-state index contributed by atoms with van der Waals surface area (Å²) in [6.07, 6.45) is 3.69. The van der Waals surface area contributed by atoms with Crippen molar-refractivity contribution in [3.8, 4) is 17.2 Å². The average molecular weight is 579 g/mol. The molecule has 0 aliphatic rings. The van der Waals surface area contributed by atoms with Crippen LogP contribution in [0.4, 0.5) is 0 Å². The molecule has 0 amide bonds. The lowest BCUT2D eigenvalue weighted by molar-refractivity contribution is 1.02. The normalized spacial score (nSPS) is 12.1. The number of fused-ring (bicyclic) bond motifs is 11. The maximum atomic E-state index is 5.33. The highest BCUT2D eigenvalue weighted by Crippen LogP contribution is 2.42. The molecule has 10 rings (SSSR count). The van der Waals surface area contributed by atoms with Crippen molar-refractivity contribution in [2.24, 2.45) is 0 Å². The highest BCUT2D eigenvalue weighted by Gasteiger charge is 2.20. The number of para-hydroxylation sites is 1. The van der Waals surface area contributed by atoms with E-state index in [9.17, 15) is 0 Å². The van der Waals surface area contributed by atoms with Gasteiger partial charge >= 0.3 is 0 Å². The van der Waals surface area contributed by atoms with Crippen LogP contribution in [-0.2, 0) is 0 Å². The lowest BCUT2D eigenvalue weighted by Gasteiger charge is -2.13. The standard InChI is InChI=1S/C39H22N4S/c1-2-10-26-23(8-1)15-17-29-37(25-9-7-19-40-22-25)41-39(42-38(26)29)43-32-13-5-3-11-27(32)31-21-30-24(20-33(31)43)16-18-35-36(30)28-12-4-6-14-34(28)44-35/h1-22H. The molecule has 0 spiro atoms. The molecule has 0 N–H and O–H groups in total. The van der Waals surface area contributed by atoms with Gasteiger partial charge in [0.1, 0.15) is 0 Å². The molecule has 4 aromatic heterocycles. The largest absolute Gasteiger partial charge is 0.278 e. The summed E-state index contributed by atoms with van der Waals surface area (Å²) in [5, 5.41) is 10.8. The van der Waals surface area contributed by atoms with Crippen molar-refractivity contribution in [1.82, 2.24) is 19.5 Å². The summed E-state index contributed by atoms with van der Waals surface area (Å²) in [5.41, 5.74) is 4.96. The van der Waals surface area contributed by atoms with Crippen LogP contribution in [0.15, 0.2) is 134 Å². The second-order valence-electron chi connectivity index (χ2n) is 11.3. The predicted molar refractivity (Wildman–Crippen MR) is 185 cm³/mol. The van der Waals surface area contributed by atoms with E-state index in [1.54, 1.807) is 6.20 Å². The molecule has 0 aliphatic carbocycles. The lowest BCUT2D eigenvalue weighted by Crippen LogP contribution is -2.04. The molecule has 4 nitrogen and oxygen atoms in total. The fourth-order valence-corrected chi connectivity index (χ4v) is 8.02.